The lowest BCUT2D eigenvalue weighted by Crippen LogP contribution is -2.16. The minimum Gasteiger partial charge on any atom is -0.324 e. The lowest BCUT2D eigenvalue weighted by Gasteiger charge is -2.16. The highest BCUT2D eigenvalue weighted by molar-refractivity contribution is 9.10. The molecule has 0 radical (unpaired) electrons. The smallest absolute Gasteiger partial charge is 0.143 e. The van der Waals surface area contributed by atoms with Crippen molar-refractivity contribution in [2.75, 3.05) is 0 Å². The number of hydrogen-bond donors (Lipinski definition) is 1. The molecule has 0 fully saturated rings. The first kappa shape index (κ1) is 15.6. The van der Waals surface area contributed by atoms with Gasteiger partial charge in [0.25, 0.3) is 0 Å². The van der Waals surface area contributed by atoms with E-state index in [2.05, 4.69) is 31.9 Å². The zero-order chi connectivity index (χ0) is 14.9. The van der Waals surface area contributed by atoms with Gasteiger partial charge in [0.15, 0.2) is 0 Å². The Morgan fingerprint density at radius 2 is 1.75 bits per heavy atom. The first-order valence-electron chi connectivity index (χ1n) is 6.04. The van der Waals surface area contributed by atoms with Crippen LogP contribution in [0.3, 0.4) is 0 Å². The van der Waals surface area contributed by atoms with Crippen LogP contribution in [0.4, 0.5) is 8.78 Å². The molecule has 0 aliphatic carbocycles. The third-order valence-corrected chi connectivity index (χ3v) is 4.45. The molecule has 2 rings (SSSR count). The third-order valence-electron chi connectivity index (χ3n) is 3.11. The van der Waals surface area contributed by atoms with Gasteiger partial charge in [-0.05, 0) is 53.0 Å². The Kier molecular flexibility index (Phi) is 4.94. The molecule has 0 aliphatic heterocycles. The molecule has 0 bridgehead atoms. The molecular formula is C15H13Br2F2N. The quantitative estimate of drug-likeness (QED) is 0.712. The fraction of sp³-hybridized carbons (Fsp3) is 0.200. The Morgan fingerprint density at radius 1 is 1.10 bits per heavy atom. The second-order valence-electron chi connectivity index (χ2n) is 4.66. The van der Waals surface area contributed by atoms with Crippen molar-refractivity contribution in [2.45, 2.75) is 19.4 Å². The molecule has 20 heavy (non-hydrogen) atoms. The van der Waals surface area contributed by atoms with Gasteiger partial charge in [-0.1, -0.05) is 33.6 Å². The molecule has 0 heterocycles. The summed E-state index contributed by atoms with van der Waals surface area (Å²) in [6, 6.07) is 7.85. The van der Waals surface area contributed by atoms with Crippen molar-refractivity contribution in [1.29, 1.82) is 0 Å². The molecule has 0 aliphatic rings. The standard InChI is InChI=1S/C15H13Br2F2N/c1-8-2-3-11(16)9(6-8)14(20)7-10-13(18)5-4-12(17)15(10)19/h2-6,14H,7,20H2,1H3. The highest BCUT2D eigenvalue weighted by atomic mass is 79.9. The van der Waals surface area contributed by atoms with E-state index in [4.69, 9.17) is 5.73 Å². The van der Waals surface area contributed by atoms with Crippen molar-refractivity contribution in [3.05, 3.63) is 67.6 Å². The van der Waals surface area contributed by atoms with Crippen molar-refractivity contribution in [1.82, 2.24) is 0 Å². The predicted octanol–water partition coefficient (Wildman–Crippen LogP) is 5.04. The average Bonchev–Trinajstić information content (AvgIpc) is 2.41. The van der Waals surface area contributed by atoms with E-state index in [1.54, 1.807) is 0 Å². The van der Waals surface area contributed by atoms with Gasteiger partial charge in [-0.25, -0.2) is 8.78 Å². The second kappa shape index (κ2) is 6.33. The number of benzene rings is 2. The van der Waals surface area contributed by atoms with Gasteiger partial charge in [0.1, 0.15) is 11.6 Å². The average molecular weight is 405 g/mol. The lowest BCUT2D eigenvalue weighted by atomic mass is 9.98. The maximum absolute atomic E-state index is 14.0. The van der Waals surface area contributed by atoms with Gasteiger partial charge in [0.2, 0.25) is 0 Å². The minimum atomic E-state index is -0.593. The predicted molar refractivity (Wildman–Crippen MR) is 83.6 cm³/mol. The molecule has 0 saturated carbocycles. The van der Waals surface area contributed by atoms with E-state index in [0.29, 0.717) is 0 Å². The molecule has 2 aromatic rings. The summed E-state index contributed by atoms with van der Waals surface area (Å²) in [4.78, 5) is 0. The van der Waals surface area contributed by atoms with Crippen LogP contribution in [0.15, 0.2) is 39.3 Å². The van der Waals surface area contributed by atoms with Crippen LogP contribution in [-0.2, 0) is 6.42 Å². The molecule has 1 atom stereocenters. The van der Waals surface area contributed by atoms with Gasteiger partial charge in [-0.2, -0.15) is 0 Å². The molecule has 0 amide bonds. The van der Waals surface area contributed by atoms with Crippen molar-refractivity contribution in [2.24, 2.45) is 5.73 Å². The van der Waals surface area contributed by atoms with Crippen LogP contribution < -0.4 is 5.73 Å². The maximum atomic E-state index is 14.0. The van der Waals surface area contributed by atoms with Crippen LogP contribution in [0, 0.1) is 18.6 Å². The first-order chi connectivity index (χ1) is 9.40. The molecule has 0 saturated heterocycles. The van der Waals surface area contributed by atoms with Gasteiger partial charge >= 0.3 is 0 Å². The summed E-state index contributed by atoms with van der Waals surface area (Å²) < 4.78 is 28.8. The summed E-state index contributed by atoms with van der Waals surface area (Å²) in [6.45, 7) is 1.95. The van der Waals surface area contributed by atoms with Crippen molar-refractivity contribution >= 4 is 31.9 Å². The van der Waals surface area contributed by atoms with Gasteiger partial charge < -0.3 is 5.73 Å². The monoisotopic (exact) mass is 403 g/mol. The van der Waals surface area contributed by atoms with Crippen LogP contribution >= 0.6 is 31.9 Å². The fourth-order valence-corrected chi connectivity index (χ4v) is 2.95. The summed E-state index contributed by atoms with van der Waals surface area (Å²) in [7, 11) is 0. The maximum Gasteiger partial charge on any atom is 0.143 e. The number of hydrogen-bond acceptors (Lipinski definition) is 1. The van der Waals surface area contributed by atoms with Crippen LogP contribution in [0.2, 0.25) is 0 Å². The van der Waals surface area contributed by atoms with E-state index < -0.39 is 17.7 Å². The molecule has 106 valence electrons. The van der Waals surface area contributed by atoms with E-state index >= 15 is 0 Å². The highest BCUT2D eigenvalue weighted by Crippen LogP contribution is 2.29. The molecule has 1 unspecified atom stereocenters. The molecule has 2 N–H and O–H groups in total. The first-order valence-corrected chi connectivity index (χ1v) is 7.62. The number of halogens is 4. The van der Waals surface area contributed by atoms with E-state index in [9.17, 15) is 8.78 Å². The van der Waals surface area contributed by atoms with Gasteiger partial charge in [-0.15, -0.1) is 0 Å². The molecule has 0 aromatic heterocycles. The highest BCUT2D eigenvalue weighted by Gasteiger charge is 2.18. The van der Waals surface area contributed by atoms with E-state index in [1.807, 2.05) is 25.1 Å². The molecule has 2 aromatic carbocycles. The largest absolute Gasteiger partial charge is 0.324 e. The number of rotatable bonds is 3. The van der Waals surface area contributed by atoms with Gasteiger partial charge in [-0.3, -0.25) is 0 Å². The number of nitrogens with two attached hydrogens (primary N) is 1. The van der Waals surface area contributed by atoms with Crippen LogP contribution in [0.5, 0.6) is 0 Å². The van der Waals surface area contributed by atoms with E-state index in [1.165, 1.54) is 12.1 Å². The van der Waals surface area contributed by atoms with Crippen molar-refractivity contribution < 1.29 is 8.78 Å². The lowest BCUT2D eigenvalue weighted by molar-refractivity contribution is 0.535. The van der Waals surface area contributed by atoms with Crippen LogP contribution in [0.25, 0.3) is 0 Å². The fourth-order valence-electron chi connectivity index (χ4n) is 2.03. The summed E-state index contributed by atoms with van der Waals surface area (Å²) in [5.74, 6) is -1.17. The van der Waals surface area contributed by atoms with Crippen LogP contribution in [0.1, 0.15) is 22.7 Å². The minimum absolute atomic E-state index is 0.000260. The van der Waals surface area contributed by atoms with Crippen LogP contribution in [-0.4, -0.2) is 0 Å². The Morgan fingerprint density at radius 3 is 2.45 bits per heavy atom. The Labute approximate surface area is 133 Å². The summed E-state index contributed by atoms with van der Waals surface area (Å²) in [5.41, 5.74) is 7.99. The normalized spacial score (nSPS) is 12.5. The summed E-state index contributed by atoms with van der Waals surface area (Å²) in [6.07, 6.45) is 0.0964. The Balaban J connectivity index is 2.35. The third kappa shape index (κ3) is 3.27. The Hall–Kier alpha value is -0.780. The van der Waals surface area contributed by atoms with Crippen molar-refractivity contribution in [3.8, 4) is 0 Å². The number of aryl methyl sites for hydroxylation is 1. The molecule has 5 heteroatoms. The topological polar surface area (TPSA) is 26.0 Å². The van der Waals surface area contributed by atoms with Crippen molar-refractivity contribution in [3.63, 3.8) is 0 Å². The zero-order valence-electron chi connectivity index (χ0n) is 10.8. The van der Waals surface area contributed by atoms with E-state index in [-0.39, 0.29) is 16.5 Å². The van der Waals surface area contributed by atoms with Gasteiger partial charge in [0, 0.05) is 16.1 Å². The summed E-state index contributed by atoms with van der Waals surface area (Å²) in [5, 5.41) is 0. The molecule has 0 spiro atoms. The van der Waals surface area contributed by atoms with E-state index in [0.717, 1.165) is 15.6 Å². The zero-order valence-corrected chi connectivity index (χ0v) is 13.9. The molecule has 1 nitrogen and oxygen atoms in total. The SMILES string of the molecule is Cc1ccc(Br)c(C(N)Cc2c(F)ccc(Br)c2F)c1. The van der Waals surface area contributed by atoms with Gasteiger partial charge in [0.05, 0.1) is 4.47 Å². The summed E-state index contributed by atoms with van der Waals surface area (Å²) >= 11 is 6.48. The second-order valence-corrected chi connectivity index (χ2v) is 6.37. The molecular weight excluding hydrogens is 392 g/mol. The Bertz CT molecular complexity index is 644.